The van der Waals surface area contributed by atoms with Gasteiger partial charge in [0.25, 0.3) is 0 Å². The molecule has 1 atom stereocenters. The maximum Gasteiger partial charge on any atom is 0.181 e. The molecule has 5 aromatic rings. The lowest BCUT2D eigenvalue weighted by Gasteiger charge is -2.31. The van der Waals surface area contributed by atoms with Gasteiger partial charge in [-0.05, 0) is 51.0 Å². The van der Waals surface area contributed by atoms with Gasteiger partial charge in [-0.2, -0.15) is 10.4 Å². The normalized spacial score (nSPS) is 16.2. The number of nitrogens with zero attached hydrogens (tertiary/aromatic N) is 7. The molecule has 39 heavy (non-hydrogen) atoms. The molecule has 0 spiro atoms. The van der Waals surface area contributed by atoms with Crippen LogP contribution in [-0.4, -0.2) is 54.0 Å². The van der Waals surface area contributed by atoms with Gasteiger partial charge in [0.1, 0.15) is 11.9 Å². The van der Waals surface area contributed by atoms with E-state index in [1.807, 2.05) is 34.9 Å². The average Bonchev–Trinajstić information content (AvgIpc) is 3.48. The highest BCUT2D eigenvalue weighted by molar-refractivity contribution is 5.90. The fraction of sp³-hybridized carbons (Fsp3) is 0.310. The fourth-order valence-corrected chi connectivity index (χ4v) is 5.35. The van der Waals surface area contributed by atoms with Gasteiger partial charge in [-0.15, -0.1) is 0 Å². The van der Waals surface area contributed by atoms with E-state index in [2.05, 4.69) is 15.0 Å². The molecule has 1 saturated heterocycles. The highest BCUT2D eigenvalue weighted by Gasteiger charge is 2.25. The van der Waals surface area contributed by atoms with Crippen LogP contribution in [0.15, 0.2) is 55.0 Å². The molecule has 10 heteroatoms. The van der Waals surface area contributed by atoms with E-state index in [9.17, 15) is 14.8 Å². The molecule has 1 aliphatic rings. The Bertz CT molecular complexity index is 1740. The Morgan fingerprint density at radius 2 is 2.03 bits per heavy atom. The van der Waals surface area contributed by atoms with Crippen molar-refractivity contribution in [3.8, 4) is 28.6 Å². The van der Waals surface area contributed by atoms with E-state index in [1.165, 1.54) is 12.1 Å². The van der Waals surface area contributed by atoms with Gasteiger partial charge in [0, 0.05) is 48.0 Å². The highest BCUT2D eigenvalue weighted by atomic mass is 19.1. The lowest BCUT2D eigenvalue weighted by molar-refractivity contribution is 0.0591. The van der Waals surface area contributed by atoms with Crippen molar-refractivity contribution in [2.75, 3.05) is 18.0 Å². The molecule has 9 nitrogen and oxygen atoms in total. The Balaban J connectivity index is 1.56. The minimum Gasteiger partial charge on any atom is -0.389 e. The number of nitriles is 1. The predicted octanol–water partition coefficient (Wildman–Crippen LogP) is 4.12. The molecule has 0 radical (unpaired) electrons. The number of nitrogens with two attached hydrogens (primary N) is 1. The van der Waals surface area contributed by atoms with Crippen LogP contribution in [0.1, 0.15) is 32.3 Å². The molecule has 0 aliphatic carbocycles. The molecule has 0 amide bonds. The summed E-state index contributed by atoms with van der Waals surface area (Å²) in [5, 5.41) is 24.9. The lowest BCUT2D eigenvalue weighted by Crippen LogP contribution is -2.43. The van der Waals surface area contributed by atoms with Crippen molar-refractivity contribution in [1.29, 1.82) is 5.26 Å². The van der Waals surface area contributed by atoms with Crippen LogP contribution < -0.4 is 10.6 Å². The number of rotatable bonds is 5. The van der Waals surface area contributed by atoms with Crippen LogP contribution in [0.5, 0.6) is 0 Å². The van der Waals surface area contributed by atoms with Crippen LogP contribution in [0.25, 0.3) is 39.1 Å². The minimum atomic E-state index is -0.910. The topological polar surface area (TPSA) is 121 Å². The molecule has 1 aliphatic heterocycles. The number of hydrogen-bond donors (Lipinski definition) is 2. The lowest BCUT2D eigenvalue weighted by atomic mass is 10.0. The summed E-state index contributed by atoms with van der Waals surface area (Å²) in [6.07, 6.45) is 7.32. The van der Waals surface area contributed by atoms with Crippen LogP contribution in [0.4, 0.5) is 10.2 Å². The second-order valence-electron chi connectivity index (χ2n) is 10.8. The van der Waals surface area contributed by atoms with E-state index in [1.54, 1.807) is 37.0 Å². The van der Waals surface area contributed by atoms with Crippen molar-refractivity contribution in [1.82, 2.24) is 24.1 Å². The molecule has 4 heterocycles. The van der Waals surface area contributed by atoms with Crippen molar-refractivity contribution in [3.05, 3.63) is 66.4 Å². The van der Waals surface area contributed by atoms with Gasteiger partial charge in [0.15, 0.2) is 11.5 Å². The molecular weight excluding hydrogens is 495 g/mol. The molecule has 1 fully saturated rings. The molecular formula is C29H29FN8O. The third kappa shape index (κ3) is 4.60. The zero-order valence-corrected chi connectivity index (χ0v) is 21.8. The Hall–Kier alpha value is -4.33. The van der Waals surface area contributed by atoms with Crippen molar-refractivity contribution < 1.29 is 9.50 Å². The second-order valence-corrected chi connectivity index (χ2v) is 10.8. The first-order chi connectivity index (χ1) is 18.7. The van der Waals surface area contributed by atoms with Gasteiger partial charge in [-0.1, -0.05) is 12.1 Å². The molecule has 3 aromatic heterocycles. The second kappa shape index (κ2) is 9.45. The number of fused-ring (bicyclic) bond motifs is 2. The zero-order chi connectivity index (χ0) is 27.3. The van der Waals surface area contributed by atoms with Crippen LogP contribution in [0, 0.1) is 17.1 Å². The Morgan fingerprint density at radius 3 is 2.77 bits per heavy atom. The predicted molar refractivity (Wildman–Crippen MR) is 148 cm³/mol. The quantitative estimate of drug-likeness (QED) is 0.355. The van der Waals surface area contributed by atoms with E-state index in [4.69, 9.17) is 10.7 Å². The van der Waals surface area contributed by atoms with E-state index in [0.717, 1.165) is 47.4 Å². The summed E-state index contributed by atoms with van der Waals surface area (Å²) < 4.78 is 18.5. The number of anilines is 1. The third-order valence-electron chi connectivity index (χ3n) is 7.10. The Labute approximate surface area is 224 Å². The monoisotopic (exact) mass is 524 g/mol. The maximum atomic E-state index is 14.8. The first-order valence-electron chi connectivity index (χ1n) is 13.0. The molecule has 6 rings (SSSR count). The Kier molecular flexibility index (Phi) is 6.05. The van der Waals surface area contributed by atoms with E-state index >= 15 is 0 Å². The van der Waals surface area contributed by atoms with Crippen LogP contribution >= 0.6 is 0 Å². The maximum absolute atomic E-state index is 14.8. The summed E-state index contributed by atoms with van der Waals surface area (Å²) in [4.78, 5) is 11.8. The van der Waals surface area contributed by atoms with Crippen molar-refractivity contribution in [2.45, 2.75) is 44.9 Å². The van der Waals surface area contributed by atoms with E-state index in [0.29, 0.717) is 30.0 Å². The van der Waals surface area contributed by atoms with Gasteiger partial charge in [0.05, 0.1) is 40.8 Å². The van der Waals surface area contributed by atoms with Crippen LogP contribution in [-0.2, 0) is 6.54 Å². The third-order valence-corrected chi connectivity index (χ3v) is 7.10. The van der Waals surface area contributed by atoms with E-state index in [-0.39, 0.29) is 11.6 Å². The summed E-state index contributed by atoms with van der Waals surface area (Å²) in [5.41, 5.74) is 9.67. The number of piperidine rings is 1. The van der Waals surface area contributed by atoms with E-state index < -0.39 is 11.4 Å². The summed E-state index contributed by atoms with van der Waals surface area (Å²) in [6, 6.07) is 12.5. The largest absolute Gasteiger partial charge is 0.389 e. The van der Waals surface area contributed by atoms with Crippen molar-refractivity contribution in [3.63, 3.8) is 0 Å². The van der Waals surface area contributed by atoms with Crippen molar-refractivity contribution >= 4 is 22.4 Å². The SMILES string of the molecule is CC(C)(O)Cn1ncc2cc(-c3c(-c4ccc(C#N)c(F)c4)nc4c(N5CCC[C@@H](N)C5)nccn34)ccc21. The molecule has 3 N–H and O–H groups in total. The molecule has 2 aromatic carbocycles. The van der Waals surface area contributed by atoms with Gasteiger partial charge in [-0.3, -0.25) is 9.08 Å². The molecule has 198 valence electrons. The zero-order valence-electron chi connectivity index (χ0n) is 21.8. The Morgan fingerprint density at radius 1 is 1.21 bits per heavy atom. The molecule has 0 unspecified atom stereocenters. The number of benzene rings is 2. The summed E-state index contributed by atoms with van der Waals surface area (Å²) in [7, 11) is 0. The van der Waals surface area contributed by atoms with Gasteiger partial charge in [-0.25, -0.2) is 14.4 Å². The first kappa shape index (κ1) is 25.0. The van der Waals surface area contributed by atoms with Gasteiger partial charge >= 0.3 is 0 Å². The first-order valence-corrected chi connectivity index (χ1v) is 13.0. The van der Waals surface area contributed by atoms with Gasteiger partial charge < -0.3 is 15.7 Å². The molecule has 0 bridgehead atoms. The van der Waals surface area contributed by atoms with Crippen molar-refractivity contribution in [2.24, 2.45) is 5.73 Å². The summed E-state index contributed by atoms with van der Waals surface area (Å²) in [5.74, 6) is 0.134. The number of halogens is 1. The smallest absolute Gasteiger partial charge is 0.181 e. The standard InChI is InChI=1S/C29H29FN8O/c1-29(2,39)17-38-24-8-7-19(12-21(24)15-34-38)26-25(18-5-6-20(14-31)23(30)13-18)35-28-27(33-9-11-37(26)28)36-10-3-4-22(32)16-36/h5-9,11-13,15,22,39H,3-4,10,16-17,32H2,1-2H3/t22-/m1/s1. The summed E-state index contributed by atoms with van der Waals surface area (Å²) >= 11 is 0. The minimum absolute atomic E-state index is 0.0191. The highest BCUT2D eigenvalue weighted by Crippen LogP contribution is 2.37. The van der Waals surface area contributed by atoms with Crippen LogP contribution in [0.3, 0.4) is 0 Å². The van der Waals surface area contributed by atoms with Crippen LogP contribution in [0.2, 0.25) is 0 Å². The average molecular weight is 525 g/mol. The van der Waals surface area contributed by atoms with Gasteiger partial charge in [0.2, 0.25) is 0 Å². The molecule has 0 saturated carbocycles. The number of imidazole rings is 1. The summed E-state index contributed by atoms with van der Waals surface area (Å²) in [6.45, 7) is 5.36. The number of aliphatic hydroxyl groups is 1. The fourth-order valence-electron chi connectivity index (χ4n) is 5.35. The number of aromatic nitrogens is 5. The number of hydrogen-bond acceptors (Lipinski definition) is 7.